The lowest BCUT2D eigenvalue weighted by Gasteiger charge is -2.07. The number of carbonyl (C=O) groups is 1. The van der Waals surface area contributed by atoms with Crippen molar-refractivity contribution in [2.75, 3.05) is 0 Å². The van der Waals surface area contributed by atoms with Crippen molar-refractivity contribution in [2.45, 2.75) is 37.8 Å². The molecule has 11 heavy (non-hydrogen) atoms. The van der Waals surface area contributed by atoms with Crippen molar-refractivity contribution >= 4 is 5.97 Å². The number of carboxylic acids is 1. The van der Waals surface area contributed by atoms with Crippen LogP contribution in [0.1, 0.15) is 25.7 Å². The predicted molar refractivity (Wildman–Crippen MR) is 40.3 cm³/mol. The lowest BCUT2D eigenvalue weighted by molar-refractivity contribution is -0.139. The fraction of sp³-hybridized carbons (Fsp3) is 0.875. The number of rotatable bonds is 1. The molecule has 1 aliphatic carbocycles. The standard InChI is InChI=1S/C8H13NO2/c10-8(11)7-4-5-2-1-3-6(5)9-7/h5-7,9H,1-4H2,(H,10,11)/t5?,6?,7-/m1/s1. The molecule has 3 heteroatoms. The zero-order valence-corrected chi connectivity index (χ0v) is 6.42. The number of hydrogen-bond acceptors (Lipinski definition) is 2. The van der Waals surface area contributed by atoms with Crippen molar-refractivity contribution < 1.29 is 9.90 Å². The second kappa shape index (κ2) is 2.48. The highest BCUT2D eigenvalue weighted by atomic mass is 16.4. The van der Waals surface area contributed by atoms with Gasteiger partial charge in [-0.25, -0.2) is 0 Å². The molecule has 1 aliphatic heterocycles. The van der Waals surface area contributed by atoms with Gasteiger partial charge in [0.25, 0.3) is 0 Å². The van der Waals surface area contributed by atoms with Crippen LogP contribution in [0.4, 0.5) is 0 Å². The first-order chi connectivity index (χ1) is 5.27. The van der Waals surface area contributed by atoms with Crippen LogP contribution in [0.25, 0.3) is 0 Å². The highest BCUT2D eigenvalue weighted by Gasteiger charge is 2.39. The van der Waals surface area contributed by atoms with Crippen molar-refractivity contribution in [3.63, 3.8) is 0 Å². The number of nitrogens with one attached hydrogen (secondary N) is 1. The zero-order chi connectivity index (χ0) is 7.84. The van der Waals surface area contributed by atoms with E-state index >= 15 is 0 Å². The summed E-state index contributed by atoms with van der Waals surface area (Å²) in [6.07, 6.45) is 4.52. The quantitative estimate of drug-likeness (QED) is 0.583. The molecule has 0 radical (unpaired) electrons. The summed E-state index contributed by atoms with van der Waals surface area (Å²) in [5.74, 6) is -0.0319. The van der Waals surface area contributed by atoms with Crippen LogP contribution in [0.15, 0.2) is 0 Å². The Morgan fingerprint density at radius 1 is 1.45 bits per heavy atom. The highest BCUT2D eigenvalue weighted by molar-refractivity contribution is 5.74. The average molecular weight is 155 g/mol. The molecule has 0 bridgehead atoms. The molecule has 3 atom stereocenters. The summed E-state index contributed by atoms with van der Waals surface area (Å²) in [4.78, 5) is 10.6. The Morgan fingerprint density at radius 2 is 2.27 bits per heavy atom. The largest absolute Gasteiger partial charge is 0.480 e. The minimum absolute atomic E-state index is 0.259. The fourth-order valence-corrected chi connectivity index (χ4v) is 2.34. The van der Waals surface area contributed by atoms with Crippen molar-refractivity contribution in [3.05, 3.63) is 0 Å². The molecule has 2 unspecified atom stereocenters. The van der Waals surface area contributed by atoms with Gasteiger partial charge in [-0.1, -0.05) is 6.42 Å². The number of fused-ring (bicyclic) bond motifs is 1. The van der Waals surface area contributed by atoms with Crippen molar-refractivity contribution in [1.29, 1.82) is 0 Å². The van der Waals surface area contributed by atoms with E-state index in [2.05, 4.69) is 5.32 Å². The summed E-state index contributed by atoms with van der Waals surface area (Å²) < 4.78 is 0. The molecule has 2 fully saturated rings. The Bertz CT molecular complexity index is 169. The number of aliphatic carboxylic acids is 1. The monoisotopic (exact) mass is 155 g/mol. The van der Waals surface area contributed by atoms with Crippen LogP contribution in [0.5, 0.6) is 0 Å². The summed E-state index contributed by atoms with van der Waals surface area (Å²) in [6.45, 7) is 0. The second-order valence-electron chi connectivity index (χ2n) is 3.59. The SMILES string of the molecule is O=C(O)[C@H]1CC2CCCC2N1. The summed E-state index contributed by atoms with van der Waals surface area (Å²) in [5.41, 5.74) is 0. The van der Waals surface area contributed by atoms with Crippen molar-refractivity contribution in [3.8, 4) is 0 Å². The normalized spacial score (nSPS) is 42.4. The van der Waals surface area contributed by atoms with Gasteiger partial charge in [0.2, 0.25) is 0 Å². The number of hydrogen-bond donors (Lipinski definition) is 2. The van der Waals surface area contributed by atoms with Gasteiger partial charge in [0.1, 0.15) is 6.04 Å². The minimum Gasteiger partial charge on any atom is -0.480 e. The number of carboxylic acid groups (broad SMARTS) is 1. The summed E-state index contributed by atoms with van der Waals surface area (Å²) in [5, 5.41) is 11.9. The van der Waals surface area contributed by atoms with E-state index in [9.17, 15) is 4.79 Å². The Labute approximate surface area is 65.8 Å². The maximum absolute atomic E-state index is 10.6. The van der Waals surface area contributed by atoms with Crippen molar-refractivity contribution in [1.82, 2.24) is 5.32 Å². The van der Waals surface area contributed by atoms with Gasteiger partial charge in [0.15, 0.2) is 0 Å². The third-order valence-corrected chi connectivity index (χ3v) is 2.91. The zero-order valence-electron chi connectivity index (χ0n) is 6.42. The van der Waals surface area contributed by atoms with Crippen LogP contribution in [-0.4, -0.2) is 23.2 Å². The molecular formula is C8H13NO2. The Morgan fingerprint density at radius 3 is 2.91 bits per heavy atom. The van der Waals surface area contributed by atoms with E-state index in [-0.39, 0.29) is 6.04 Å². The first-order valence-electron chi connectivity index (χ1n) is 4.26. The van der Waals surface area contributed by atoms with Gasteiger partial charge < -0.3 is 10.4 Å². The van der Waals surface area contributed by atoms with Crippen LogP contribution in [0, 0.1) is 5.92 Å². The third kappa shape index (κ3) is 1.13. The van der Waals surface area contributed by atoms with Crippen LogP contribution < -0.4 is 5.32 Å². The van der Waals surface area contributed by atoms with E-state index in [0.717, 1.165) is 6.42 Å². The average Bonchev–Trinajstić information content (AvgIpc) is 2.40. The van der Waals surface area contributed by atoms with E-state index in [1.54, 1.807) is 0 Å². The Kier molecular flexibility index (Phi) is 1.60. The Hall–Kier alpha value is -0.570. The molecule has 2 N–H and O–H groups in total. The van der Waals surface area contributed by atoms with Gasteiger partial charge in [-0.3, -0.25) is 4.79 Å². The van der Waals surface area contributed by atoms with Gasteiger partial charge in [-0.15, -0.1) is 0 Å². The van der Waals surface area contributed by atoms with Crippen molar-refractivity contribution in [2.24, 2.45) is 5.92 Å². The van der Waals surface area contributed by atoms with Crippen LogP contribution >= 0.6 is 0 Å². The van der Waals surface area contributed by atoms with E-state index in [1.165, 1.54) is 19.3 Å². The van der Waals surface area contributed by atoms with Gasteiger partial charge in [-0.05, 0) is 25.2 Å². The van der Waals surface area contributed by atoms with E-state index < -0.39 is 5.97 Å². The van der Waals surface area contributed by atoms with E-state index in [1.807, 2.05) is 0 Å². The third-order valence-electron chi connectivity index (χ3n) is 2.91. The van der Waals surface area contributed by atoms with Crippen LogP contribution in [0.3, 0.4) is 0 Å². The fourth-order valence-electron chi connectivity index (χ4n) is 2.34. The summed E-state index contributed by atoms with van der Waals surface area (Å²) in [7, 11) is 0. The van der Waals surface area contributed by atoms with Gasteiger partial charge in [0, 0.05) is 6.04 Å². The summed E-state index contributed by atoms with van der Waals surface area (Å²) >= 11 is 0. The topological polar surface area (TPSA) is 49.3 Å². The van der Waals surface area contributed by atoms with Crippen LogP contribution in [0.2, 0.25) is 0 Å². The molecule has 1 saturated heterocycles. The van der Waals surface area contributed by atoms with Gasteiger partial charge in [0.05, 0.1) is 0 Å². The van der Waals surface area contributed by atoms with Gasteiger partial charge in [-0.2, -0.15) is 0 Å². The maximum atomic E-state index is 10.6. The highest BCUT2D eigenvalue weighted by Crippen LogP contribution is 2.34. The molecule has 1 saturated carbocycles. The first kappa shape index (κ1) is 7.10. The Balaban J connectivity index is 1.99. The molecule has 0 aromatic rings. The maximum Gasteiger partial charge on any atom is 0.320 e. The molecule has 3 nitrogen and oxygen atoms in total. The molecule has 0 aromatic carbocycles. The molecule has 0 aromatic heterocycles. The molecule has 0 spiro atoms. The molecule has 2 aliphatic rings. The first-order valence-corrected chi connectivity index (χ1v) is 4.26. The molecular weight excluding hydrogens is 142 g/mol. The second-order valence-corrected chi connectivity index (χ2v) is 3.59. The lowest BCUT2D eigenvalue weighted by Crippen LogP contribution is -2.34. The molecule has 0 amide bonds. The minimum atomic E-state index is -0.681. The van der Waals surface area contributed by atoms with Gasteiger partial charge >= 0.3 is 5.97 Å². The predicted octanol–water partition coefficient (Wildman–Crippen LogP) is 0.602. The van der Waals surface area contributed by atoms with E-state index in [4.69, 9.17) is 5.11 Å². The van der Waals surface area contributed by atoms with Crippen LogP contribution in [-0.2, 0) is 4.79 Å². The smallest absolute Gasteiger partial charge is 0.320 e. The molecule has 2 rings (SSSR count). The molecule has 62 valence electrons. The summed E-state index contributed by atoms with van der Waals surface area (Å²) in [6, 6.07) is 0.251. The van der Waals surface area contributed by atoms with E-state index in [0.29, 0.717) is 12.0 Å². The lowest BCUT2D eigenvalue weighted by atomic mass is 10.0. The molecule has 1 heterocycles.